The van der Waals surface area contributed by atoms with Crippen molar-refractivity contribution in [1.29, 1.82) is 0 Å². The van der Waals surface area contributed by atoms with Gasteiger partial charge in [0.2, 0.25) is 11.9 Å². The van der Waals surface area contributed by atoms with Crippen LogP contribution in [0.25, 0.3) is 11.3 Å². The Balaban J connectivity index is 1.54. The number of hydrogen-bond donors (Lipinski definition) is 2. The molecule has 0 spiro atoms. The minimum absolute atomic E-state index is 0.00427. The average Bonchev–Trinajstić information content (AvgIpc) is 2.94. The van der Waals surface area contributed by atoms with E-state index in [-0.39, 0.29) is 18.2 Å². The first-order valence-electron chi connectivity index (χ1n) is 11.1. The molecule has 2 amide bonds. The van der Waals surface area contributed by atoms with Crippen molar-refractivity contribution >= 4 is 40.7 Å². The van der Waals surface area contributed by atoms with Gasteiger partial charge in [0.1, 0.15) is 0 Å². The molecule has 0 unspecified atom stereocenters. The fourth-order valence-electron chi connectivity index (χ4n) is 3.76. The normalized spacial score (nSPS) is 12.4. The van der Waals surface area contributed by atoms with Crippen LogP contribution in [0.1, 0.15) is 22.8 Å². The second kappa shape index (κ2) is 10.2. The van der Waals surface area contributed by atoms with Crippen LogP contribution in [0.15, 0.2) is 48.7 Å². The van der Waals surface area contributed by atoms with Gasteiger partial charge in [0.05, 0.1) is 17.8 Å². The van der Waals surface area contributed by atoms with E-state index in [2.05, 4.69) is 25.5 Å². The van der Waals surface area contributed by atoms with E-state index in [1.165, 1.54) is 0 Å². The zero-order valence-electron chi connectivity index (χ0n) is 19.4. The molecule has 0 saturated carbocycles. The number of carbonyl (C=O) groups is 2. The number of carbonyl (C=O) groups excluding carboxylic acids is 2. The van der Waals surface area contributed by atoms with Gasteiger partial charge in [-0.25, -0.2) is 9.97 Å². The lowest BCUT2D eigenvalue weighted by Crippen LogP contribution is -2.36. The maximum atomic E-state index is 12.8. The molecule has 9 heteroatoms. The lowest BCUT2D eigenvalue weighted by molar-refractivity contribution is -0.115. The molecule has 0 radical (unpaired) electrons. The molecule has 0 fully saturated rings. The SMILES string of the molecule is CCN(CCN(C)C)C(=O)c1ccc(Nc2ncc3c(n2)-c2ccc(Cl)cc2NC(=O)C3)cc1. The number of halogens is 1. The zero-order chi connectivity index (χ0) is 24.2. The number of aromatic nitrogens is 2. The van der Waals surface area contributed by atoms with Crippen molar-refractivity contribution in [1.82, 2.24) is 19.8 Å². The van der Waals surface area contributed by atoms with E-state index in [0.29, 0.717) is 41.0 Å². The highest BCUT2D eigenvalue weighted by Gasteiger charge is 2.21. The van der Waals surface area contributed by atoms with Crippen LogP contribution in [-0.4, -0.2) is 65.3 Å². The van der Waals surface area contributed by atoms with Gasteiger partial charge >= 0.3 is 0 Å². The van der Waals surface area contributed by atoms with Crippen molar-refractivity contribution in [2.75, 3.05) is 44.4 Å². The monoisotopic (exact) mass is 478 g/mol. The smallest absolute Gasteiger partial charge is 0.253 e. The number of hydrogen-bond acceptors (Lipinski definition) is 6. The van der Waals surface area contributed by atoms with Crippen LogP contribution in [0, 0.1) is 0 Å². The molecular formula is C25H27ClN6O2. The maximum Gasteiger partial charge on any atom is 0.253 e. The van der Waals surface area contributed by atoms with Gasteiger partial charge in [-0.3, -0.25) is 9.59 Å². The van der Waals surface area contributed by atoms with Crippen molar-refractivity contribution in [3.05, 3.63) is 64.8 Å². The van der Waals surface area contributed by atoms with E-state index < -0.39 is 0 Å². The molecule has 2 N–H and O–H groups in total. The van der Waals surface area contributed by atoms with Crippen LogP contribution in [-0.2, 0) is 11.2 Å². The van der Waals surface area contributed by atoms with Crippen molar-refractivity contribution in [3.63, 3.8) is 0 Å². The number of rotatable bonds is 7. The fourth-order valence-corrected chi connectivity index (χ4v) is 3.93. The average molecular weight is 479 g/mol. The number of likely N-dealkylation sites (N-methyl/N-ethyl adjacent to an activating group) is 2. The van der Waals surface area contributed by atoms with Gasteiger partial charge in [-0.2, -0.15) is 0 Å². The van der Waals surface area contributed by atoms with Gasteiger partial charge in [-0.15, -0.1) is 0 Å². The van der Waals surface area contributed by atoms with Crippen LogP contribution < -0.4 is 10.6 Å². The van der Waals surface area contributed by atoms with Crippen LogP contribution in [0.3, 0.4) is 0 Å². The predicted octanol–water partition coefficient (Wildman–Crippen LogP) is 4.06. The Kier molecular flexibility index (Phi) is 7.09. The summed E-state index contributed by atoms with van der Waals surface area (Å²) in [5.41, 5.74) is 4.21. The van der Waals surface area contributed by atoms with E-state index >= 15 is 0 Å². The third-order valence-corrected chi connectivity index (χ3v) is 5.84. The molecule has 0 saturated heterocycles. The molecular weight excluding hydrogens is 452 g/mol. The molecule has 8 nitrogen and oxygen atoms in total. The van der Waals surface area contributed by atoms with Crippen molar-refractivity contribution < 1.29 is 9.59 Å². The number of benzene rings is 2. The lowest BCUT2D eigenvalue weighted by Gasteiger charge is -2.23. The first-order chi connectivity index (χ1) is 16.3. The second-order valence-corrected chi connectivity index (χ2v) is 8.81. The molecule has 3 aromatic rings. The highest BCUT2D eigenvalue weighted by Crippen LogP contribution is 2.34. The fraction of sp³-hybridized carbons (Fsp3) is 0.280. The Hall–Kier alpha value is -3.49. The molecule has 4 rings (SSSR count). The van der Waals surface area contributed by atoms with E-state index in [9.17, 15) is 9.59 Å². The second-order valence-electron chi connectivity index (χ2n) is 8.37. The van der Waals surface area contributed by atoms with Crippen molar-refractivity contribution in [2.24, 2.45) is 0 Å². The Morgan fingerprint density at radius 2 is 1.91 bits per heavy atom. The number of amides is 2. The largest absolute Gasteiger partial charge is 0.338 e. The Labute approximate surface area is 204 Å². The molecule has 176 valence electrons. The highest BCUT2D eigenvalue weighted by molar-refractivity contribution is 6.31. The summed E-state index contributed by atoms with van der Waals surface area (Å²) in [4.78, 5) is 38.1. The summed E-state index contributed by atoms with van der Waals surface area (Å²) in [6, 6.07) is 12.6. The van der Waals surface area contributed by atoms with Crippen LogP contribution in [0.2, 0.25) is 5.02 Å². The highest BCUT2D eigenvalue weighted by atomic mass is 35.5. The molecule has 1 aliphatic heterocycles. The quantitative estimate of drug-likeness (QED) is 0.532. The number of nitrogens with one attached hydrogen (secondary N) is 2. The molecule has 1 aliphatic rings. The zero-order valence-corrected chi connectivity index (χ0v) is 20.2. The van der Waals surface area contributed by atoms with E-state index in [1.807, 2.05) is 44.1 Å². The summed E-state index contributed by atoms with van der Waals surface area (Å²) in [6.07, 6.45) is 1.84. The van der Waals surface area contributed by atoms with Gasteiger partial charge in [0, 0.05) is 53.2 Å². The van der Waals surface area contributed by atoms with E-state index in [4.69, 9.17) is 11.6 Å². The summed E-state index contributed by atoms with van der Waals surface area (Å²) < 4.78 is 0. The topological polar surface area (TPSA) is 90.5 Å². The van der Waals surface area contributed by atoms with Gasteiger partial charge in [0.15, 0.2) is 0 Å². The Bertz CT molecular complexity index is 1210. The third-order valence-electron chi connectivity index (χ3n) is 5.60. The number of fused-ring (bicyclic) bond motifs is 3. The molecule has 0 bridgehead atoms. The number of nitrogens with zero attached hydrogens (tertiary/aromatic N) is 4. The Morgan fingerprint density at radius 3 is 2.62 bits per heavy atom. The maximum absolute atomic E-state index is 12.8. The minimum atomic E-state index is -0.140. The van der Waals surface area contributed by atoms with E-state index in [0.717, 1.165) is 23.4 Å². The summed E-state index contributed by atoms with van der Waals surface area (Å²) in [7, 11) is 3.98. The summed E-state index contributed by atoms with van der Waals surface area (Å²) in [5.74, 6) is 0.261. The molecule has 0 atom stereocenters. The molecule has 1 aromatic heterocycles. The van der Waals surface area contributed by atoms with Crippen LogP contribution in [0.4, 0.5) is 17.3 Å². The summed E-state index contributed by atoms with van der Waals surface area (Å²) in [5, 5.41) is 6.60. The third kappa shape index (κ3) is 5.35. The summed E-state index contributed by atoms with van der Waals surface area (Å²) >= 11 is 6.11. The molecule has 0 aliphatic carbocycles. The van der Waals surface area contributed by atoms with E-state index in [1.54, 1.807) is 30.5 Å². The standard InChI is InChI=1S/C25H27ClN6O2/c1-4-32(12-11-31(2)3)24(34)16-5-8-19(9-6-16)28-25-27-15-17-13-22(33)29-21-14-18(26)7-10-20(21)23(17)30-25/h5-10,14-15H,4,11-13H2,1-3H3,(H,29,33)(H,27,28,30). The van der Waals surface area contributed by atoms with Crippen molar-refractivity contribution in [2.45, 2.75) is 13.3 Å². The van der Waals surface area contributed by atoms with Crippen LogP contribution in [0.5, 0.6) is 0 Å². The lowest BCUT2D eigenvalue weighted by atomic mass is 10.1. The first kappa shape index (κ1) is 23.7. The van der Waals surface area contributed by atoms with Gasteiger partial charge in [-0.05, 0) is 63.5 Å². The van der Waals surface area contributed by atoms with Gasteiger partial charge in [0.25, 0.3) is 5.91 Å². The minimum Gasteiger partial charge on any atom is -0.338 e. The first-order valence-corrected chi connectivity index (χ1v) is 11.5. The Morgan fingerprint density at radius 1 is 1.15 bits per heavy atom. The van der Waals surface area contributed by atoms with Crippen molar-refractivity contribution in [3.8, 4) is 11.3 Å². The van der Waals surface area contributed by atoms with Gasteiger partial charge in [-0.1, -0.05) is 11.6 Å². The summed E-state index contributed by atoms with van der Waals surface area (Å²) in [6.45, 7) is 4.12. The predicted molar refractivity (Wildman–Crippen MR) is 135 cm³/mol. The van der Waals surface area contributed by atoms with Crippen LogP contribution >= 0.6 is 11.6 Å². The molecule has 2 aromatic carbocycles. The number of anilines is 3. The van der Waals surface area contributed by atoms with Gasteiger partial charge < -0.3 is 20.4 Å². The molecule has 34 heavy (non-hydrogen) atoms. The molecule has 2 heterocycles.